The van der Waals surface area contributed by atoms with Crippen molar-refractivity contribution in [2.75, 3.05) is 0 Å². The summed E-state index contributed by atoms with van der Waals surface area (Å²) in [6, 6.07) is 0. The average Bonchev–Trinajstić information content (AvgIpc) is 3.27. The molecule has 1 heterocycles. The summed E-state index contributed by atoms with van der Waals surface area (Å²) in [6.45, 7) is 14.6. The van der Waals surface area contributed by atoms with Crippen molar-refractivity contribution in [2.24, 2.45) is 46.3 Å². The number of fused-ring (bicyclic) bond motifs is 4. The third-order valence-corrected chi connectivity index (χ3v) is 10.9. The van der Waals surface area contributed by atoms with Crippen molar-refractivity contribution in [1.82, 2.24) is 0 Å². The number of allylic oxidation sites excluding steroid dienone is 3. The Kier molecular flexibility index (Phi) is 4.92. The highest BCUT2D eigenvalue weighted by Crippen LogP contribution is 2.72. The number of rotatable bonds is 4. The van der Waals surface area contributed by atoms with Gasteiger partial charge >= 0.3 is 0 Å². The SMILES string of the molecule is CC(C)[C@@H](C)C=C[C@@H](C)[C@H]1CC[C@H]2C3=CC4OC45CC(O)CC[C@]5(C)[C@H]3CC[C@]12C. The van der Waals surface area contributed by atoms with Gasteiger partial charge in [-0.1, -0.05) is 65.3 Å². The number of aliphatic hydroxyl groups excluding tert-OH is 1. The molecule has 168 valence electrons. The minimum absolute atomic E-state index is 0.0480. The Balaban J connectivity index is 1.40. The van der Waals surface area contributed by atoms with Crippen LogP contribution in [0.25, 0.3) is 0 Å². The average molecular weight is 413 g/mol. The fourth-order valence-electron chi connectivity index (χ4n) is 8.52. The van der Waals surface area contributed by atoms with Gasteiger partial charge in [0.2, 0.25) is 0 Å². The zero-order chi connectivity index (χ0) is 21.5. The Morgan fingerprint density at radius 2 is 1.77 bits per heavy atom. The molecule has 1 N–H and O–H groups in total. The molecule has 0 aromatic heterocycles. The van der Waals surface area contributed by atoms with Crippen LogP contribution in [0.1, 0.15) is 86.5 Å². The maximum absolute atomic E-state index is 10.4. The lowest BCUT2D eigenvalue weighted by Crippen LogP contribution is -2.55. The fraction of sp³-hybridized carbons (Fsp3) is 0.857. The molecule has 2 heteroatoms. The third kappa shape index (κ3) is 2.81. The molecule has 0 aromatic carbocycles. The molecule has 30 heavy (non-hydrogen) atoms. The first-order valence-electron chi connectivity index (χ1n) is 12.9. The van der Waals surface area contributed by atoms with Crippen molar-refractivity contribution in [3.05, 3.63) is 23.8 Å². The molecule has 0 aromatic rings. The van der Waals surface area contributed by atoms with Gasteiger partial charge < -0.3 is 9.84 Å². The maximum atomic E-state index is 10.4. The van der Waals surface area contributed by atoms with Crippen LogP contribution < -0.4 is 0 Å². The molecule has 0 bridgehead atoms. The van der Waals surface area contributed by atoms with Crippen LogP contribution in [0, 0.1) is 46.3 Å². The van der Waals surface area contributed by atoms with Crippen molar-refractivity contribution < 1.29 is 9.84 Å². The van der Waals surface area contributed by atoms with Gasteiger partial charge in [-0.15, -0.1) is 0 Å². The zero-order valence-electron chi connectivity index (χ0n) is 20.2. The van der Waals surface area contributed by atoms with Crippen LogP contribution in [0.2, 0.25) is 0 Å². The summed E-state index contributed by atoms with van der Waals surface area (Å²) in [4.78, 5) is 0. The Hall–Kier alpha value is -0.600. The minimum atomic E-state index is -0.163. The Morgan fingerprint density at radius 3 is 2.50 bits per heavy atom. The summed E-state index contributed by atoms with van der Waals surface area (Å²) < 4.78 is 6.43. The van der Waals surface area contributed by atoms with E-state index in [1.54, 1.807) is 5.57 Å². The van der Waals surface area contributed by atoms with Crippen molar-refractivity contribution in [2.45, 2.75) is 104 Å². The van der Waals surface area contributed by atoms with E-state index in [9.17, 15) is 5.11 Å². The van der Waals surface area contributed by atoms with Crippen molar-refractivity contribution in [1.29, 1.82) is 0 Å². The van der Waals surface area contributed by atoms with Crippen LogP contribution in [0.15, 0.2) is 23.8 Å². The molecule has 10 atom stereocenters. The predicted octanol–water partition coefficient (Wildman–Crippen LogP) is 6.54. The third-order valence-electron chi connectivity index (χ3n) is 10.9. The van der Waals surface area contributed by atoms with Gasteiger partial charge in [-0.2, -0.15) is 0 Å². The van der Waals surface area contributed by atoms with E-state index in [2.05, 4.69) is 59.8 Å². The first-order chi connectivity index (χ1) is 14.1. The largest absolute Gasteiger partial charge is 0.393 e. The van der Waals surface area contributed by atoms with Gasteiger partial charge in [0, 0.05) is 11.8 Å². The molecule has 5 rings (SSSR count). The molecule has 1 saturated heterocycles. The van der Waals surface area contributed by atoms with Crippen molar-refractivity contribution >= 4 is 0 Å². The van der Waals surface area contributed by atoms with Gasteiger partial charge in [-0.25, -0.2) is 0 Å². The van der Waals surface area contributed by atoms with Crippen molar-refractivity contribution in [3.63, 3.8) is 0 Å². The molecular weight excluding hydrogens is 368 g/mol. The molecule has 3 unspecified atom stereocenters. The fourth-order valence-corrected chi connectivity index (χ4v) is 8.52. The Labute approximate surface area is 184 Å². The first-order valence-corrected chi connectivity index (χ1v) is 12.9. The number of hydrogen-bond acceptors (Lipinski definition) is 2. The van der Waals surface area contributed by atoms with Crippen LogP contribution in [-0.4, -0.2) is 22.9 Å². The summed E-state index contributed by atoms with van der Waals surface area (Å²) in [5.41, 5.74) is 2.38. The molecule has 5 aliphatic rings. The Morgan fingerprint density at radius 1 is 1.00 bits per heavy atom. The molecule has 0 radical (unpaired) electrons. The standard InChI is InChI=1S/C28H44O2/c1-17(2)18(3)7-8-19(4)22-9-10-23-21-15-25-28(30-25)16-20(29)11-14-27(28,6)24(21)12-13-26(22,23)5/h7-8,15,17-20,22-25,29H,9-14,16H2,1-6H3/t18-,19+,20?,22+,23-,24-,25?,26+,27+,28?/m0/s1. The van der Waals surface area contributed by atoms with Gasteiger partial charge in [0.25, 0.3) is 0 Å². The summed E-state index contributed by atoms with van der Waals surface area (Å²) in [5, 5.41) is 10.4. The highest BCUT2D eigenvalue weighted by atomic mass is 16.6. The van der Waals surface area contributed by atoms with E-state index in [-0.39, 0.29) is 23.2 Å². The van der Waals surface area contributed by atoms with Crippen LogP contribution in [0.4, 0.5) is 0 Å². The van der Waals surface area contributed by atoms with E-state index in [0.29, 0.717) is 23.2 Å². The zero-order valence-corrected chi connectivity index (χ0v) is 20.2. The molecule has 3 saturated carbocycles. The van der Waals surface area contributed by atoms with E-state index < -0.39 is 0 Å². The molecule has 0 amide bonds. The van der Waals surface area contributed by atoms with E-state index in [0.717, 1.165) is 37.0 Å². The first kappa shape index (κ1) is 21.3. The summed E-state index contributed by atoms with van der Waals surface area (Å²) >= 11 is 0. The van der Waals surface area contributed by atoms with Crippen molar-refractivity contribution in [3.8, 4) is 0 Å². The highest BCUT2D eigenvalue weighted by Gasteiger charge is 2.73. The smallest absolute Gasteiger partial charge is 0.107 e. The highest BCUT2D eigenvalue weighted by molar-refractivity contribution is 5.38. The number of aliphatic hydroxyl groups is 1. The number of epoxide rings is 1. The van der Waals surface area contributed by atoms with Crippen LogP contribution in [-0.2, 0) is 4.74 Å². The van der Waals surface area contributed by atoms with E-state index >= 15 is 0 Å². The molecule has 2 nitrogen and oxygen atoms in total. The Bertz CT molecular complexity index is 752. The minimum Gasteiger partial charge on any atom is -0.393 e. The van der Waals surface area contributed by atoms with E-state index in [4.69, 9.17) is 4.74 Å². The van der Waals surface area contributed by atoms with Gasteiger partial charge in [-0.3, -0.25) is 0 Å². The monoisotopic (exact) mass is 412 g/mol. The van der Waals surface area contributed by atoms with Crippen LogP contribution in [0.3, 0.4) is 0 Å². The molecule has 4 aliphatic carbocycles. The number of hydrogen-bond donors (Lipinski definition) is 1. The topological polar surface area (TPSA) is 32.8 Å². The normalized spacial score (nSPS) is 51.6. The van der Waals surface area contributed by atoms with Gasteiger partial charge in [0.15, 0.2) is 0 Å². The second-order valence-electron chi connectivity index (χ2n) is 12.6. The quantitative estimate of drug-likeness (QED) is 0.420. The van der Waals surface area contributed by atoms with Gasteiger partial charge in [-0.05, 0) is 79.4 Å². The molecular formula is C28H44O2. The summed E-state index contributed by atoms with van der Waals surface area (Å²) in [6.07, 6.45) is 16.0. The lowest BCUT2D eigenvalue weighted by molar-refractivity contribution is -0.0527. The molecule has 1 aliphatic heterocycles. The van der Waals surface area contributed by atoms with E-state index in [1.165, 1.54) is 25.7 Å². The van der Waals surface area contributed by atoms with Gasteiger partial charge in [0.1, 0.15) is 11.7 Å². The summed E-state index contributed by atoms with van der Waals surface area (Å²) in [5.74, 6) is 4.26. The predicted molar refractivity (Wildman–Crippen MR) is 123 cm³/mol. The van der Waals surface area contributed by atoms with Gasteiger partial charge in [0.05, 0.1) is 6.10 Å². The second-order valence-corrected chi connectivity index (χ2v) is 12.6. The second kappa shape index (κ2) is 6.95. The maximum Gasteiger partial charge on any atom is 0.107 e. The molecule has 1 spiro atoms. The van der Waals surface area contributed by atoms with Crippen LogP contribution >= 0.6 is 0 Å². The molecule has 4 fully saturated rings. The number of ether oxygens (including phenoxy) is 1. The lowest BCUT2D eigenvalue weighted by Gasteiger charge is -2.56. The lowest BCUT2D eigenvalue weighted by atomic mass is 9.47. The van der Waals surface area contributed by atoms with Crippen LogP contribution in [0.5, 0.6) is 0 Å². The van der Waals surface area contributed by atoms with E-state index in [1.807, 2.05) is 0 Å². The summed E-state index contributed by atoms with van der Waals surface area (Å²) in [7, 11) is 0.